The minimum atomic E-state index is -0.0846. The molecule has 0 aromatic heterocycles. The molecule has 0 atom stereocenters. The molecule has 0 spiro atoms. The fourth-order valence-electron chi connectivity index (χ4n) is 5.17. The molecule has 0 amide bonds. The third kappa shape index (κ3) is 5.44. The lowest BCUT2D eigenvalue weighted by Crippen LogP contribution is -2.12. The normalized spacial score (nSPS) is 20.2. The van der Waals surface area contributed by atoms with Gasteiger partial charge in [0.25, 0.3) is 0 Å². The number of allylic oxidation sites excluding steroid dienone is 8. The Labute approximate surface area is 254 Å². The third-order valence-corrected chi connectivity index (χ3v) is 7.52. The molecule has 2 aliphatic heterocycles. The van der Waals surface area contributed by atoms with E-state index in [0.29, 0.717) is 34.2 Å². The summed E-state index contributed by atoms with van der Waals surface area (Å²) in [4.78, 5) is 34.5. The van der Waals surface area contributed by atoms with Crippen LogP contribution < -0.4 is 21.3 Å². The van der Waals surface area contributed by atoms with E-state index in [4.69, 9.17) is 0 Å². The Morgan fingerprint density at radius 3 is 1.36 bits per heavy atom. The van der Waals surface area contributed by atoms with Gasteiger partial charge in [-0.05, 0) is 96.8 Å². The average Bonchev–Trinajstić information content (AvgIpc) is 3.64. The van der Waals surface area contributed by atoms with Crippen LogP contribution in [0.4, 0.5) is 22.7 Å². The van der Waals surface area contributed by atoms with Crippen LogP contribution in [0.3, 0.4) is 0 Å². The third-order valence-electron chi connectivity index (χ3n) is 7.52. The Balaban J connectivity index is 1.03. The maximum atomic E-state index is 12.6. The van der Waals surface area contributed by atoms with Crippen molar-refractivity contribution in [2.45, 2.75) is 13.8 Å². The highest BCUT2D eigenvalue weighted by Crippen LogP contribution is 2.35. The molecule has 0 unspecified atom stereocenters. The summed E-state index contributed by atoms with van der Waals surface area (Å²) in [5.74, 6) is 1.14. The minimum Gasteiger partial charge on any atom is -0.339 e. The number of rotatable bonds is 4. The summed E-state index contributed by atoms with van der Waals surface area (Å²) in [5.41, 5.74) is 10.3. The molecule has 44 heavy (non-hydrogen) atoms. The van der Waals surface area contributed by atoms with E-state index in [1.54, 1.807) is 36.7 Å². The van der Waals surface area contributed by atoms with Crippen LogP contribution >= 0.6 is 0 Å². The number of aryl methyl sites for hydroxylation is 2. The van der Waals surface area contributed by atoms with Crippen molar-refractivity contribution in [3.05, 3.63) is 154 Å². The molecule has 2 heterocycles. The predicted octanol–water partition coefficient (Wildman–Crippen LogP) is 6.69. The van der Waals surface area contributed by atoms with Gasteiger partial charge >= 0.3 is 0 Å². The summed E-state index contributed by atoms with van der Waals surface area (Å²) in [6, 6.07) is 19.9. The van der Waals surface area contributed by atoms with Crippen molar-refractivity contribution in [3.63, 3.8) is 0 Å². The first-order chi connectivity index (χ1) is 21.4. The average molecular weight is 577 g/mol. The fourth-order valence-corrected chi connectivity index (χ4v) is 5.17. The van der Waals surface area contributed by atoms with Crippen LogP contribution in [0.2, 0.25) is 0 Å². The van der Waals surface area contributed by atoms with Crippen LogP contribution in [-0.4, -0.2) is 24.0 Å². The minimum absolute atomic E-state index is 0.0846. The van der Waals surface area contributed by atoms with Gasteiger partial charge in [-0.3, -0.25) is 19.6 Å². The van der Waals surface area contributed by atoms with Gasteiger partial charge in [0.05, 0.1) is 45.3 Å². The zero-order valence-electron chi connectivity index (χ0n) is 24.1. The second kappa shape index (κ2) is 11.0. The Kier molecular flexibility index (Phi) is 6.71. The number of anilines is 4. The van der Waals surface area contributed by atoms with Gasteiger partial charge in [0, 0.05) is 12.4 Å². The van der Waals surface area contributed by atoms with Crippen molar-refractivity contribution in [1.29, 1.82) is 0 Å². The zero-order valence-corrected chi connectivity index (χ0v) is 24.1. The monoisotopic (exact) mass is 576 g/mol. The fraction of sp³-hybridized carbons (Fsp3) is 0.0556. The van der Waals surface area contributed by atoms with E-state index in [-0.39, 0.29) is 11.6 Å². The van der Waals surface area contributed by atoms with Crippen molar-refractivity contribution < 1.29 is 9.59 Å². The molecule has 7 rings (SSSR count). The maximum Gasteiger partial charge on any atom is 0.189 e. The van der Waals surface area contributed by atoms with Gasteiger partial charge in [-0.2, -0.15) is 0 Å². The van der Waals surface area contributed by atoms with Crippen molar-refractivity contribution in [2.75, 3.05) is 21.3 Å². The van der Waals surface area contributed by atoms with Crippen LogP contribution in [0, 0.1) is 13.8 Å². The number of benzene rings is 3. The number of hydrogen-bond acceptors (Lipinski definition) is 8. The Bertz CT molecular complexity index is 1860. The molecule has 3 aromatic rings. The molecule has 4 aliphatic rings. The standard InChI is InChI=1S/C36H28N6O2/c1-21-3-11-29-31(15-21)41-35(39-29)27-17-25(9-13-33(27)43)37-19-23-5-7-24(8-6-23)20-38-26-10-14-34(44)28(18-26)36-40-30-12-4-22(2)16-32(30)42-36/h3-20,39-42H,1-2H3/b35-27-,36-28-,37-19?,38-20?. The van der Waals surface area contributed by atoms with Gasteiger partial charge in [0.15, 0.2) is 11.6 Å². The van der Waals surface area contributed by atoms with Crippen molar-refractivity contribution >= 4 is 46.7 Å². The van der Waals surface area contributed by atoms with E-state index in [1.165, 1.54) is 12.2 Å². The summed E-state index contributed by atoms with van der Waals surface area (Å²) in [5, 5.41) is 13.2. The number of ketones is 2. The summed E-state index contributed by atoms with van der Waals surface area (Å²) < 4.78 is 0. The quantitative estimate of drug-likeness (QED) is 0.204. The van der Waals surface area contributed by atoms with E-state index in [1.807, 2.05) is 74.5 Å². The Hall–Kier alpha value is -6.02. The molecule has 0 saturated heterocycles. The number of aliphatic imine (C=N–C) groups is 2. The molecule has 0 fully saturated rings. The van der Waals surface area contributed by atoms with Crippen molar-refractivity contribution in [1.82, 2.24) is 0 Å². The lowest BCUT2D eigenvalue weighted by molar-refractivity contribution is -0.111. The highest BCUT2D eigenvalue weighted by Gasteiger charge is 2.23. The number of fused-ring (bicyclic) bond motifs is 2. The highest BCUT2D eigenvalue weighted by molar-refractivity contribution is 6.10. The molecule has 8 heteroatoms. The number of carbonyl (C=O) groups excluding carboxylic acids is 2. The number of nitrogens with zero attached hydrogens (tertiary/aromatic N) is 2. The van der Waals surface area contributed by atoms with E-state index >= 15 is 0 Å². The Morgan fingerprint density at radius 1 is 0.523 bits per heavy atom. The number of carbonyl (C=O) groups is 2. The summed E-state index contributed by atoms with van der Waals surface area (Å²) >= 11 is 0. The zero-order chi connectivity index (χ0) is 30.2. The summed E-state index contributed by atoms with van der Waals surface area (Å²) in [6.45, 7) is 4.06. The molecular weight excluding hydrogens is 548 g/mol. The van der Waals surface area contributed by atoms with Gasteiger partial charge in [-0.25, -0.2) is 0 Å². The first kappa shape index (κ1) is 26.9. The van der Waals surface area contributed by atoms with Gasteiger partial charge in [-0.1, -0.05) is 36.4 Å². The van der Waals surface area contributed by atoms with Crippen molar-refractivity contribution in [3.8, 4) is 0 Å². The molecule has 2 aliphatic carbocycles. The molecule has 0 bridgehead atoms. The van der Waals surface area contributed by atoms with Gasteiger partial charge < -0.3 is 21.3 Å². The van der Waals surface area contributed by atoms with Crippen LogP contribution in [0.15, 0.2) is 141 Å². The van der Waals surface area contributed by atoms with Crippen molar-refractivity contribution in [2.24, 2.45) is 9.98 Å². The summed E-state index contributed by atoms with van der Waals surface area (Å²) in [7, 11) is 0. The molecule has 0 saturated carbocycles. The summed E-state index contributed by atoms with van der Waals surface area (Å²) in [6.07, 6.45) is 13.6. The Morgan fingerprint density at radius 2 is 0.932 bits per heavy atom. The van der Waals surface area contributed by atoms with Crippen LogP contribution in [-0.2, 0) is 9.59 Å². The van der Waals surface area contributed by atoms with Gasteiger partial charge in [-0.15, -0.1) is 0 Å². The van der Waals surface area contributed by atoms with Crippen LogP contribution in [0.1, 0.15) is 22.3 Å². The van der Waals surface area contributed by atoms with E-state index < -0.39 is 0 Å². The second-order valence-electron chi connectivity index (χ2n) is 10.9. The van der Waals surface area contributed by atoms with Crippen LogP contribution in [0.25, 0.3) is 0 Å². The molecule has 8 nitrogen and oxygen atoms in total. The molecule has 214 valence electrons. The molecular formula is C36H28N6O2. The lowest BCUT2D eigenvalue weighted by atomic mass is 10.0. The predicted molar refractivity (Wildman–Crippen MR) is 177 cm³/mol. The first-order valence-corrected chi connectivity index (χ1v) is 14.2. The molecule has 4 N–H and O–H groups in total. The topological polar surface area (TPSA) is 107 Å². The maximum absolute atomic E-state index is 12.6. The van der Waals surface area contributed by atoms with E-state index in [0.717, 1.165) is 45.0 Å². The van der Waals surface area contributed by atoms with E-state index in [9.17, 15) is 9.59 Å². The smallest absolute Gasteiger partial charge is 0.189 e. The number of hydrogen-bond donors (Lipinski definition) is 4. The largest absolute Gasteiger partial charge is 0.339 e. The lowest BCUT2D eigenvalue weighted by Gasteiger charge is -2.10. The number of nitrogens with one attached hydrogen (secondary N) is 4. The highest BCUT2D eigenvalue weighted by atomic mass is 16.1. The van der Waals surface area contributed by atoms with Gasteiger partial charge in [0.2, 0.25) is 0 Å². The van der Waals surface area contributed by atoms with E-state index in [2.05, 4.69) is 31.3 Å². The van der Waals surface area contributed by atoms with Crippen LogP contribution in [0.5, 0.6) is 0 Å². The molecule has 0 radical (unpaired) electrons. The second-order valence-corrected chi connectivity index (χ2v) is 10.9. The first-order valence-electron chi connectivity index (χ1n) is 14.2. The SMILES string of the molecule is Cc1ccc2c(c1)N/C(=C1/C=C(N=Cc3ccc(C=NC4=C/C(=C5\Nc6ccc(C)cc6N5)C(=O)C=C4)cc3)C=CC1=O)N2. The van der Waals surface area contributed by atoms with Gasteiger partial charge in [0.1, 0.15) is 11.6 Å². The molecule has 3 aromatic carbocycles.